The van der Waals surface area contributed by atoms with Gasteiger partial charge in [0.15, 0.2) is 49.6 Å². The Morgan fingerprint density at radius 1 is 0.560 bits per heavy atom. The number of carbonyl (C=O) groups excluding carboxylic acids is 2. The van der Waals surface area contributed by atoms with Crippen molar-refractivity contribution in [1.29, 1.82) is 0 Å². The highest BCUT2D eigenvalue weighted by Crippen LogP contribution is 2.37. The predicted molar refractivity (Wildman–Crippen MR) is 220 cm³/mol. The van der Waals surface area contributed by atoms with E-state index < -0.39 is 206 Å². The van der Waals surface area contributed by atoms with Crippen LogP contribution in [0.15, 0.2) is 0 Å². The molecular weight excluding hydrogens is 1160 g/mol. The van der Waals surface area contributed by atoms with Gasteiger partial charge >= 0.3 is 63.8 Å². The molecule has 438 valence electrons. The number of hydrogen-bond donors (Lipinski definition) is 15. The number of nitrogens with zero attached hydrogens (tertiary/aromatic N) is 1. The molecule has 4 aliphatic rings. The minimum Gasteiger partial charge on any atom is -0.479 e. The standard InChI is InChI=1S/C26H42N2O37S5.C3H7NO/c1-4(30)27-7-9(31)13(6(56-23(7)39)3-55-67(43,44)45)58-26-19(65-70(52,53)54)12(34)16(20(62-26)22(37)38)60-24-8(28-66(40,41)42)15(63-68(46,47)48)14(5(2-29)57-24)59-25-18(64-69(49,50)51)11(33)10(32)17(61-25)21(35)36;1-4(2)3-5/h5-20,23-26,28-29,31-34,39H,2-3H2,1H3,(H,27,30)(H,35,36)(H,37,38)(H,40,41,42)(H,43,44,45)(H,46,47,48)(H,49,50,51)(H,52,53,54);3H,1-2H3/t5-,6+,7-,8-,9-,10-,11-,12+,13-,14-,15-,16+,17-,18+,19-,20+,23-,24+,25+,26-;/m1./s1. The summed E-state index contributed by atoms with van der Waals surface area (Å²) >= 11 is 0. The van der Waals surface area contributed by atoms with Crippen molar-refractivity contribution in [2.24, 2.45) is 0 Å². The zero-order valence-electron chi connectivity index (χ0n) is 37.5. The Bertz CT molecular complexity index is 2550. The Hall–Kier alpha value is -3.29. The van der Waals surface area contributed by atoms with Crippen LogP contribution in [0.4, 0.5) is 0 Å². The van der Waals surface area contributed by atoms with E-state index in [1.54, 1.807) is 14.1 Å². The van der Waals surface area contributed by atoms with Crippen molar-refractivity contribution in [3.63, 3.8) is 0 Å². The first kappa shape index (κ1) is 66.0. The van der Waals surface area contributed by atoms with E-state index in [4.69, 9.17) is 37.7 Å². The van der Waals surface area contributed by atoms with Crippen LogP contribution in [0.5, 0.6) is 0 Å². The number of carboxylic acid groups (broad SMARTS) is 2. The third kappa shape index (κ3) is 19.5. The van der Waals surface area contributed by atoms with Crippen molar-refractivity contribution in [3.8, 4) is 0 Å². The van der Waals surface area contributed by atoms with Crippen LogP contribution >= 0.6 is 0 Å². The summed E-state index contributed by atoms with van der Waals surface area (Å²) in [4.78, 5) is 47.3. The molecule has 15 N–H and O–H groups in total. The van der Waals surface area contributed by atoms with E-state index in [0.29, 0.717) is 0 Å². The molecule has 0 saturated carbocycles. The number of amides is 2. The van der Waals surface area contributed by atoms with Gasteiger partial charge in [-0.25, -0.2) is 26.3 Å². The molecule has 0 spiro atoms. The van der Waals surface area contributed by atoms with Crippen LogP contribution in [0.3, 0.4) is 0 Å². The summed E-state index contributed by atoms with van der Waals surface area (Å²) in [5.41, 5.74) is 0. The van der Waals surface area contributed by atoms with Crippen molar-refractivity contribution >= 4 is 76.2 Å². The maximum Gasteiger partial charge on any atom is 0.397 e. The number of carboxylic acids is 2. The predicted octanol–water partition coefficient (Wildman–Crippen LogP) is -11.0. The number of rotatable bonds is 22. The number of aliphatic carboxylic acids is 2. The first-order valence-electron chi connectivity index (χ1n) is 19.9. The maximum atomic E-state index is 12.7. The van der Waals surface area contributed by atoms with E-state index in [1.165, 1.54) is 9.62 Å². The largest absolute Gasteiger partial charge is 0.479 e. The quantitative estimate of drug-likeness (QED) is 0.0353. The van der Waals surface area contributed by atoms with Crippen molar-refractivity contribution < 1.29 is 175 Å². The highest BCUT2D eigenvalue weighted by atomic mass is 32.3. The van der Waals surface area contributed by atoms with Crippen LogP contribution in [0.2, 0.25) is 0 Å². The molecule has 0 aliphatic carbocycles. The lowest BCUT2D eigenvalue weighted by Crippen LogP contribution is -2.71. The molecular formula is C29H49N3O38S5. The van der Waals surface area contributed by atoms with Gasteiger partial charge in [-0.3, -0.25) is 32.4 Å². The second kappa shape index (κ2) is 26.1. The molecule has 4 saturated heterocycles. The molecule has 0 radical (unpaired) electrons. The molecule has 0 aromatic rings. The van der Waals surface area contributed by atoms with Gasteiger partial charge in [0.25, 0.3) is 0 Å². The van der Waals surface area contributed by atoms with Gasteiger partial charge in [0, 0.05) is 21.0 Å². The molecule has 2 amide bonds. The first-order chi connectivity index (χ1) is 34.1. The Kier molecular flexibility index (Phi) is 23.0. The molecule has 41 nitrogen and oxygen atoms in total. The Balaban J connectivity index is 0.00000282. The molecule has 0 aromatic carbocycles. The zero-order chi connectivity index (χ0) is 57.7. The van der Waals surface area contributed by atoms with E-state index in [2.05, 4.69) is 16.7 Å². The van der Waals surface area contributed by atoms with Gasteiger partial charge in [-0.05, 0) is 0 Å². The monoisotopic (exact) mass is 1210 g/mol. The first-order valence-corrected chi connectivity index (χ1v) is 26.8. The van der Waals surface area contributed by atoms with Crippen molar-refractivity contribution in [1.82, 2.24) is 14.9 Å². The SMILES string of the molecule is CC(=O)N[C@@H]1[C@@H](O)[C@H](O[C@@H]2O[C@H](C(=O)O)[C@@H](O[C@@H]3O[C@H](CO)[C@@H](O[C@H]4O[C@@H](C(=O)O)[C@H](O)[C@@H](O)[C@@H]4OS(=O)(=O)O)[C@H](OS(=O)(=O)O)[C@H]3NS(=O)(=O)O)[C@H](O)[C@H]2OS(=O)(=O)O)[C@H](COS(=O)(=O)O)O[C@H]1O.CN(C)C=O. The third-order valence-corrected chi connectivity index (χ3v) is 12.3. The van der Waals surface area contributed by atoms with Gasteiger partial charge in [0.2, 0.25) is 12.3 Å². The van der Waals surface area contributed by atoms with E-state index in [1.807, 2.05) is 5.32 Å². The summed E-state index contributed by atoms with van der Waals surface area (Å²) < 4.78 is 222. The average molecular weight is 1210 g/mol. The van der Waals surface area contributed by atoms with Gasteiger partial charge < -0.3 is 84.2 Å². The fourth-order valence-electron chi connectivity index (χ4n) is 7.05. The Labute approximate surface area is 421 Å². The van der Waals surface area contributed by atoms with Gasteiger partial charge in [-0.2, -0.15) is 46.8 Å². The van der Waals surface area contributed by atoms with Crippen molar-refractivity contribution in [3.05, 3.63) is 0 Å². The second-order valence-corrected chi connectivity index (χ2v) is 21.1. The smallest absolute Gasteiger partial charge is 0.397 e. The van der Waals surface area contributed by atoms with Crippen molar-refractivity contribution in [2.75, 3.05) is 27.3 Å². The topological polar surface area (TPSA) is 631 Å². The molecule has 75 heavy (non-hydrogen) atoms. The van der Waals surface area contributed by atoms with Crippen molar-refractivity contribution in [2.45, 2.75) is 130 Å². The lowest BCUT2D eigenvalue weighted by Gasteiger charge is -2.50. The molecule has 0 bridgehead atoms. The van der Waals surface area contributed by atoms with E-state index in [0.717, 1.165) is 13.3 Å². The minimum atomic E-state index is -6.09. The van der Waals surface area contributed by atoms with E-state index in [9.17, 15) is 120 Å². The second-order valence-electron chi connectivity index (χ2n) is 15.7. The highest BCUT2D eigenvalue weighted by Gasteiger charge is 2.60. The molecule has 0 aromatic heterocycles. The lowest BCUT2D eigenvalue weighted by molar-refractivity contribution is -0.366. The van der Waals surface area contributed by atoms with Gasteiger partial charge in [-0.1, -0.05) is 0 Å². The number of ether oxygens (including phenoxy) is 7. The maximum absolute atomic E-state index is 12.7. The van der Waals surface area contributed by atoms with E-state index >= 15 is 0 Å². The van der Waals surface area contributed by atoms with Crippen LogP contribution < -0.4 is 10.0 Å². The number of nitrogens with one attached hydrogen (secondary N) is 2. The normalized spacial score (nSPS) is 37.0. The van der Waals surface area contributed by atoms with Crippen LogP contribution in [-0.4, -0.2) is 285 Å². The summed E-state index contributed by atoms with van der Waals surface area (Å²) in [6.07, 6.45) is -48.3. The van der Waals surface area contributed by atoms with Gasteiger partial charge in [0.05, 0.1) is 13.2 Å². The summed E-state index contributed by atoms with van der Waals surface area (Å²) in [6.45, 7) is -2.24. The third-order valence-electron chi connectivity index (χ3n) is 9.89. The summed E-state index contributed by atoms with van der Waals surface area (Å²) in [6, 6.07) is -4.96. The van der Waals surface area contributed by atoms with Gasteiger partial charge in [-0.15, -0.1) is 0 Å². The van der Waals surface area contributed by atoms with Gasteiger partial charge in [0.1, 0.15) is 73.1 Å². The molecule has 46 heteroatoms. The zero-order valence-corrected chi connectivity index (χ0v) is 41.6. The average Bonchev–Trinajstić information content (AvgIpc) is 3.23. The summed E-state index contributed by atoms with van der Waals surface area (Å²) in [5, 5.41) is 86.0. The molecule has 4 rings (SSSR count). The molecule has 4 aliphatic heterocycles. The fourth-order valence-corrected chi connectivity index (χ4v) is 9.43. The fraction of sp³-hybridized carbons (Fsp3) is 0.862. The van der Waals surface area contributed by atoms with Crippen LogP contribution in [0, 0.1) is 0 Å². The molecule has 4 heterocycles. The number of aliphatic hydroxyl groups is 6. The summed E-state index contributed by atoms with van der Waals surface area (Å²) in [5.74, 6) is -5.49. The van der Waals surface area contributed by atoms with Crippen LogP contribution in [-0.2, 0) is 121 Å². The Morgan fingerprint density at radius 2 is 1.01 bits per heavy atom. The van der Waals surface area contributed by atoms with Crippen LogP contribution in [0.25, 0.3) is 0 Å². The lowest BCUT2D eigenvalue weighted by atomic mass is 9.94. The van der Waals surface area contributed by atoms with E-state index in [-0.39, 0.29) is 0 Å². The number of carbonyl (C=O) groups is 4. The number of aliphatic hydroxyl groups excluding tert-OH is 6. The number of hydrogen-bond acceptors (Lipinski definition) is 31. The molecule has 4 fully saturated rings. The molecule has 0 unspecified atom stereocenters. The van der Waals surface area contributed by atoms with Crippen LogP contribution in [0.1, 0.15) is 6.92 Å². The molecule has 20 atom stereocenters. The Morgan fingerprint density at radius 3 is 1.44 bits per heavy atom. The summed E-state index contributed by atoms with van der Waals surface area (Å²) in [7, 11) is -25.8. The highest BCUT2D eigenvalue weighted by molar-refractivity contribution is 7.83. The minimum absolute atomic E-state index is 0.750.